The van der Waals surface area contributed by atoms with E-state index in [1.165, 1.54) is 19.1 Å². The highest BCUT2D eigenvalue weighted by molar-refractivity contribution is 5.45. The van der Waals surface area contributed by atoms with Crippen LogP contribution in [0.3, 0.4) is 0 Å². The maximum atomic E-state index is 13.5. The minimum atomic E-state index is -0.717. The first kappa shape index (κ1) is 14.8. The molecule has 0 saturated heterocycles. The van der Waals surface area contributed by atoms with Gasteiger partial charge < -0.3 is 4.74 Å². The maximum absolute atomic E-state index is 13.5. The van der Waals surface area contributed by atoms with Crippen LogP contribution in [-0.2, 0) is 6.61 Å². The van der Waals surface area contributed by atoms with Gasteiger partial charge in [-0.25, -0.2) is 13.8 Å². The smallest absolute Gasteiger partial charge is 0.293 e. The summed E-state index contributed by atoms with van der Waals surface area (Å²) in [5.74, 6) is -1.24. The van der Waals surface area contributed by atoms with Gasteiger partial charge in [-0.05, 0) is 26.0 Å². The summed E-state index contributed by atoms with van der Waals surface area (Å²) in [7, 11) is 0. The van der Waals surface area contributed by atoms with Crippen molar-refractivity contribution < 1.29 is 18.4 Å². The number of nitro groups is 1. The highest BCUT2D eigenvalue weighted by Gasteiger charge is 2.17. The zero-order chi connectivity index (χ0) is 15.6. The maximum Gasteiger partial charge on any atom is 0.293 e. The average Bonchev–Trinajstić information content (AvgIpc) is 2.36. The lowest BCUT2D eigenvalue weighted by Crippen LogP contribution is -2.03. The number of ether oxygens (including phenoxy) is 1. The van der Waals surface area contributed by atoms with Crippen molar-refractivity contribution in [3.05, 3.63) is 62.8 Å². The second kappa shape index (κ2) is 5.82. The molecule has 2 rings (SSSR count). The highest BCUT2D eigenvalue weighted by atomic mass is 19.1. The van der Waals surface area contributed by atoms with E-state index in [2.05, 4.69) is 4.98 Å². The Balaban J connectivity index is 2.19. The Kier molecular flexibility index (Phi) is 4.11. The zero-order valence-corrected chi connectivity index (χ0v) is 11.4. The van der Waals surface area contributed by atoms with E-state index >= 15 is 0 Å². The molecule has 21 heavy (non-hydrogen) atoms. The molecule has 0 N–H and O–H groups in total. The van der Waals surface area contributed by atoms with E-state index in [9.17, 15) is 18.9 Å². The number of aryl methyl sites for hydroxylation is 2. The van der Waals surface area contributed by atoms with Gasteiger partial charge in [-0.3, -0.25) is 10.1 Å². The van der Waals surface area contributed by atoms with Crippen molar-refractivity contribution in [1.29, 1.82) is 0 Å². The first-order valence-corrected chi connectivity index (χ1v) is 6.08. The summed E-state index contributed by atoms with van der Waals surface area (Å²) >= 11 is 0. The molecule has 0 bridgehead atoms. The SMILES string of the molecule is Cc1cc(OCc2ccc(F)cc2F)nc(C)c1[N+](=O)[O-]. The lowest BCUT2D eigenvalue weighted by Gasteiger charge is -2.08. The molecule has 5 nitrogen and oxygen atoms in total. The van der Waals surface area contributed by atoms with Gasteiger partial charge in [0.25, 0.3) is 5.69 Å². The number of hydrogen-bond acceptors (Lipinski definition) is 4. The Labute approximate surface area is 119 Å². The Hall–Kier alpha value is -2.57. The zero-order valence-electron chi connectivity index (χ0n) is 11.4. The lowest BCUT2D eigenvalue weighted by atomic mass is 10.2. The molecule has 0 unspecified atom stereocenters. The summed E-state index contributed by atoms with van der Waals surface area (Å²) in [6.07, 6.45) is 0. The number of halogens is 2. The predicted molar refractivity (Wildman–Crippen MR) is 71.1 cm³/mol. The molecule has 0 amide bonds. The van der Waals surface area contributed by atoms with Crippen LogP contribution >= 0.6 is 0 Å². The summed E-state index contributed by atoms with van der Waals surface area (Å²) in [6, 6.07) is 4.57. The Morgan fingerprint density at radius 3 is 2.57 bits per heavy atom. The molecule has 0 spiro atoms. The van der Waals surface area contributed by atoms with Crippen LogP contribution in [0.25, 0.3) is 0 Å². The fraction of sp³-hybridized carbons (Fsp3) is 0.214. The molecule has 1 aromatic carbocycles. The van der Waals surface area contributed by atoms with Crippen molar-refractivity contribution in [2.45, 2.75) is 20.5 Å². The van der Waals surface area contributed by atoms with Gasteiger partial charge in [0.2, 0.25) is 5.88 Å². The van der Waals surface area contributed by atoms with Gasteiger partial charge >= 0.3 is 0 Å². The van der Waals surface area contributed by atoms with Crippen molar-refractivity contribution in [2.75, 3.05) is 0 Å². The van der Waals surface area contributed by atoms with Gasteiger partial charge in [-0.2, -0.15) is 0 Å². The van der Waals surface area contributed by atoms with Crippen LogP contribution in [0.5, 0.6) is 5.88 Å². The van der Waals surface area contributed by atoms with Crippen molar-refractivity contribution in [2.24, 2.45) is 0 Å². The van der Waals surface area contributed by atoms with Gasteiger partial charge in [0, 0.05) is 23.3 Å². The Morgan fingerprint density at radius 2 is 2.00 bits per heavy atom. The number of hydrogen-bond donors (Lipinski definition) is 0. The second-order valence-corrected chi connectivity index (χ2v) is 4.49. The fourth-order valence-corrected chi connectivity index (χ4v) is 1.93. The summed E-state index contributed by atoms with van der Waals surface area (Å²) in [4.78, 5) is 14.3. The van der Waals surface area contributed by atoms with E-state index in [-0.39, 0.29) is 29.4 Å². The first-order chi connectivity index (χ1) is 9.88. The van der Waals surface area contributed by atoms with E-state index in [0.717, 1.165) is 12.1 Å². The molecule has 0 fully saturated rings. The third-order valence-electron chi connectivity index (χ3n) is 2.91. The van der Waals surface area contributed by atoms with Crippen LogP contribution in [0.4, 0.5) is 14.5 Å². The minimum absolute atomic E-state index is 0.0738. The summed E-state index contributed by atoms with van der Waals surface area (Å²) < 4.78 is 31.5. The molecule has 1 aromatic heterocycles. The van der Waals surface area contributed by atoms with Crippen molar-refractivity contribution in [1.82, 2.24) is 4.98 Å². The molecule has 110 valence electrons. The van der Waals surface area contributed by atoms with Crippen LogP contribution in [0.1, 0.15) is 16.8 Å². The minimum Gasteiger partial charge on any atom is -0.473 e. The lowest BCUT2D eigenvalue weighted by molar-refractivity contribution is -0.386. The third-order valence-corrected chi connectivity index (χ3v) is 2.91. The van der Waals surface area contributed by atoms with Gasteiger partial charge in [0.05, 0.1) is 4.92 Å². The normalized spacial score (nSPS) is 10.5. The second-order valence-electron chi connectivity index (χ2n) is 4.49. The largest absolute Gasteiger partial charge is 0.473 e. The molecule has 0 atom stereocenters. The van der Waals surface area contributed by atoms with Crippen LogP contribution < -0.4 is 4.74 Å². The van der Waals surface area contributed by atoms with E-state index in [0.29, 0.717) is 5.56 Å². The van der Waals surface area contributed by atoms with Crippen LogP contribution in [0, 0.1) is 35.6 Å². The van der Waals surface area contributed by atoms with Gasteiger partial charge in [-0.1, -0.05) is 0 Å². The number of pyridine rings is 1. The molecule has 0 radical (unpaired) electrons. The molecular weight excluding hydrogens is 282 g/mol. The quantitative estimate of drug-likeness (QED) is 0.639. The molecule has 2 aromatic rings. The van der Waals surface area contributed by atoms with E-state index in [1.54, 1.807) is 6.92 Å². The van der Waals surface area contributed by atoms with Gasteiger partial charge in [0.1, 0.15) is 23.9 Å². The molecular formula is C14H12F2N2O3. The molecule has 0 aliphatic rings. The van der Waals surface area contributed by atoms with E-state index < -0.39 is 16.6 Å². The molecule has 0 aliphatic carbocycles. The van der Waals surface area contributed by atoms with Crippen molar-refractivity contribution >= 4 is 5.69 Å². The summed E-state index contributed by atoms with van der Waals surface area (Å²) in [6.45, 7) is 2.92. The molecule has 0 aliphatic heterocycles. The first-order valence-electron chi connectivity index (χ1n) is 6.08. The topological polar surface area (TPSA) is 65.3 Å². The molecule has 1 heterocycles. The Bertz CT molecular complexity index is 682. The third kappa shape index (κ3) is 3.31. The van der Waals surface area contributed by atoms with Crippen LogP contribution in [-0.4, -0.2) is 9.91 Å². The van der Waals surface area contributed by atoms with E-state index in [1.807, 2.05) is 0 Å². The number of aromatic nitrogens is 1. The summed E-state index contributed by atoms with van der Waals surface area (Å²) in [5.41, 5.74) is 0.721. The fourth-order valence-electron chi connectivity index (χ4n) is 1.93. The Morgan fingerprint density at radius 1 is 1.29 bits per heavy atom. The number of rotatable bonds is 4. The monoisotopic (exact) mass is 294 g/mol. The van der Waals surface area contributed by atoms with Crippen LogP contribution in [0.15, 0.2) is 24.3 Å². The standard InChI is InChI=1S/C14H12F2N2O3/c1-8-5-13(17-9(2)14(8)18(19)20)21-7-10-3-4-11(15)6-12(10)16/h3-6H,7H2,1-2H3. The average molecular weight is 294 g/mol. The number of nitrogens with zero attached hydrogens (tertiary/aromatic N) is 2. The molecule has 7 heteroatoms. The highest BCUT2D eigenvalue weighted by Crippen LogP contribution is 2.25. The predicted octanol–water partition coefficient (Wildman–Crippen LogP) is 3.46. The number of benzene rings is 1. The van der Waals surface area contributed by atoms with Gasteiger partial charge in [0.15, 0.2) is 0 Å². The van der Waals surface area contributed by atoms with Gasteiger partial charge in [-0.15, -0.1) is 0 Å². The van der Waals surface area contributed by atoms with Crippen LogP contribution in [0.2, 0.25) is 0 Å². The van der Waals surface area contributed by atoms with Crippen molar-refractivity contribution in [3.63, 3.8) is 0 Å². The van der Waals surface area contributed by atoms with Crippen molar-refractivity contribution in [3.8, 4) is 5.88 Å². The summed E-state index contributed by atoms with van der Waals surface area (Å²) in [5, 5.41) is 10.8. The van der Waals surface area contributed by atoms with E-state index in [4.69, 9.17) is 4.74 Å². The molecule has 0 saturated carbocycles.